The van der Waals surface area contributed by atoms with E-state index in [4.69, 9.17) is 10.2 Å². The molecule has 0 atom stereocenters. The van der Waals surface area contributed by atoms with Crippen molar-refractivity contribution in [3.8, 4) is 0 Å². The number of rotatable bonds is 2. The summed E-state index contributed by atoms with van der Waals surface area (Å²) in [5, 5.41) is 0.828. The van der Waals surface area contributed by atoms with E-state index in [9.17, 15) is 4.39 Å². The normalized spacial score (nSPS) is 18.6. The predicted octanol–water partition coefficient (Wildman–Crippen LogP) is 2.95. The molecule has 1 aromatic carbocycles. The zero-order chi connectivity index (χ0) is 11.2. The van der Waals surface area contributed by atoms with Crippen LogP contribution in [0.1, 0.15) is 24.8 Å². The van der Waals surface area contributed by atoms with Crippen molar-refractivity contribution in [2.24, 2.45) is 5.73 Å². The first kappa shape index (κ1) is 9.85. The molecule has 2 nitrogen and oxygen atoms in total. The van der Waals surface area contributed by atoms with Crippen LogP contribution in [0.4, 0.5) is 4.39 Å². The topological polar surface area (TPSA) is 39.2 Å². The number of hydrogen-bond acceptors (Lipinski definition) is 2. The second-order valence-corrected chi connectivity index (χ2v) is 4.63. The van der Waals surface area contributed by atoms with Crippen molar-refractivity contribution in [1.29, 1.82) is 0 Å². The Morgan fingerprint density at radius 1 is 1.38 bits per heavy atom. The van der Waals surface area contributed by atoms with Crippen molar-refractivity contribution in [3.05, 3.63) is 35.8 Å². The SMILES string of the molecule is NCC1(c2cc(F)cc3ccoc23)CCC1. The largest absolute Gasteiger partial charge is 0.464 e. The third-order valence-corrected chi connectivity index (χ3v) is 3.79. The highest BCUT2D eigenvalue weighted by Gasteiger charge is 2.39. The van der Waals surface area contributed by atoms with Crippen LogP contribution in [0.3, 0.4) is 0 Å². The molecule has 1 fully saturated rings. The first-order valence-corrected chi connectivity index (χ1v) is 5.62. The molecule has 0 radical (unpaired) electrons. The molecule has 0 saturated heterocycles. The molecule has 1 aliphatic rings. The highest BCUT2D eigenvalue weighted by Crippen LogP contribution is 2.45. The quantitative estimate of drug-likeness (QED) is 0.843. The molecule has 1 aromatic heterocycles. The van der Waals surface area contributed by atoms with Crippen LogP contribution in [0.2, 0.25) is 0 Å². The Labute approximate surface area is 93.2 Å². The monoisotopic (exact) mass is 219 g/mol. The molecule has 2 N–H and O–H groups in total. The fourth-order valence-corrected chi connectivity index (χ4v) is 2.63. The van der Waals surface area contributed by atoms with Gasteiger partial charge in [0.15, 0.2) is 0 Å². The van der Waals surface area contributed by atoms with Gasteiger partial charge in [0.25, 0.3) is 0 Å². The Morgan fingerprint density at radius 3 is 2.81 bits per heavy atom. The molecule has 1 aliphatic carbocycles. The van der Waals surface area contributed by atoms with Gasteiger partial charge in [0.2, 0.25) is 0 Å². The zero-order valence-corrected chi connectivity index (χ0v) is 9.00. The number of hydrogen-bond donors (Lipinski definition) is 1. The molecular weight excluding hydrogens is 205 g/mol. The summed E-state index contributed by atoms with van der Waals surface area (Å²) in [5.74, 6) is -0.205. The maximum absolute atomic E-state index is 13.5. The van der Waals surface area contributed by atoms with Gasteiger partial charge in [-0.2, -0.15) is 0 Å². The van der Waals surface area contributed by atoms with Crippen molar-refractivity contribution >= 4 is 11.0 Å². The summed E-state index contributed by atoms with van der Waals surface area (Å²) in [5.41, 5.74) is 7.53. The van der Waals surface area contributed by atoms with E-state index in [2.05, 4.69) is 0 Å². The Morgan fingerprint density at radius 2 is 2.19 bits per heavy atom. The van der Waals surface area contributed by atoms with Crippen LogP contribution in [0.15, 0.2) is 28.9 Å². The Bertz CT molecular complexity index is 522. The molecule has 3 heteroatoms. The maximum atomic E-state index is 13.5. The average molecular weight is 219 g/mol. The van der Waals surface area contributed by atoms with Crippen molar-refractivity contribution in [1.82, 2.24) is 0 Å². The maximum Gasteiger partial charge on any atom is 0.137 e. The van der Waals surface area contributed by atoms with Crippen molar-refractivity contribution in [3.63, 3.8) is 0 Å². The van der Waals surface area contributed by atoms with Crippen molar-refractivity contribution < 1.29 is 8.81 Å². The van der Waals surface area contributed by atoms with Crippen LogP contribution < -0.4 is 5.73 Å². The summed E-state index contributed by atoms with van der Waals surface area (Å²) >= 11 is 0. The lowest BCUT2D eigenvalue weighted by Crippen LogP contribution is -2.41. The number of benzene rings is 1. The number of fused-ring (bicyclic) bond motifs is 1. The Kier molecular flexibility index (Phi) is 2.04. The Balaban J connectivity index is 2.25. The van der Waals surface area contributed by atoms with Crippen LogP contribution in [0.25, 0.3) is 11.0 Å². The first-order chi connectivity index (χ1) is 7.75. The fraction of sp³-hybridized carbons (Fsp3) is 0.385. The van der Waals surface area contributed by atoms with E-state index in [1.165, 1.54) is 6.07 Å². The van der Waals surface area contributed by atoms with Gasteiger partial charge in [-0.3, -0.25) is 0 Å². The summed E-state index contributed by atoms with van der Waals surface area (Å²) in [6.45, 7) is 0.562. The van der Waals surface area contributed by atoms with Crippen LogP contribution in [-0.2, 0) is 5.41 Å². The minimum Gasteiger partial charge on any atom is -0.464 e. The van der Waals surface area contributed by atoms with Gasteiger partial charge in [-0.05, 0) is 31.0 Å². The van der Waals surface area contributed by atoms with Crippen LogP contribution >= 0.6 is 0 Å². The molecule has 0 spiro atoms. The van der Waals surface area contributed by atoms with Gasteiger partial charge < -0.3 is 10.2 Å². The van der Waals surface area contributed by atoms with Crippen LogP contribution in [0.5, 0.6) is 0 Å². The van der Waals surface area contributed by atoms with Gasteiger partial charge in [0.05, 0.1) is 6.26 Å². The molecule has 84 valence electrons. The van der Waals surface area contributed by atoms with E-state index in [1.54, 1.807) is 18.4 Å². The standard InChI is InChI=1S/C13H14FNO/c14-10-6-9-2-5-16-12(9)11(7-10)13(8-15)3-1-4-13/h2,5-7H,1,3-4,8,15H2. The van der Waals surface area contributed by atoms with Gasteiger partial charge in [0.1, 0.15) is 11.4 Å². The van der Waals surface area contributed by atoms with Crippen LogP contribution in [-0.4, -0.2) is 6.54 Å². The summed E-state index contributed by atoms with van der Waals surface area (Å²) in [6, 6.07) is 4.88. The molecule has 1 heterocycles. The Hall–Kier alpha value is -1.35. The molecule has 0 aliphatic heterocycles. The predicted molar refractivity (Wildman–Crippen MR) is 60.8 cm³/mol. The van der Waals surface area contributed by atoms with E-state index in [-0.39, 0.29) is 11.2 Å². The zero-order valence-electron chi connectivity index (χ0n) is 9.00. The van der Waals surface area contributed by atoms with E-state index in [0.717, 1.165) is 35.8 Å². The van der Waals surface area contributed by atoms with E-state index >= 15 is 0 Å². The van der Waals surface area contributed by atoms with Crippen LogP contribution in [0, 0.1) is 5.82 Å². The minimum absolute atomic E-state index is 0.0573. The van der Waals surface area contributed by atoms with Crippen molar-refractivity contribution in [2.75, 3.05) is 6.54 Å². The lowest BCUT2D eigenvalue weighted by molar-refractivity contribution is 0.252. The smallest absolute Gasteiger partial charge is 0.137 e. The molecule has 16 heavy (non-hydrogen) atoms. The lowest BCUT2D eigenvalue weighted by Gasteiger charge is -2.41. The fourth-order valence-electron chi connectivity index (χ4n) is 2.63. The van der Waals surface area contributed by atoms with Gasteiger partial charge in [-0.15, -0.1) is 0 Å². The summed E-state index contributed by atoms with van der Waals surface area (Å²) in [4.78, 5) is 0. The van der Waals surface area contributed by atoms with Gasteiger partial charge >= 0.3 is 0 Å². The minimum atomic E-state index is -0.205. The van der Waals surface area contributed by atoms with Crippen molar-refractivity contribution in [2.45, 2.75) is 24.7 Å². The molecular formula is C13H14FNO. The molecule has 0 bridgehead atoms. The number of furan rings is 1. The average Bonchev–Trinajstić information content (AvgIpc) is 2.64. The van der Waals surface area contributed by atoms with Gasteiger partial charge in [0, 0.05) is 22.9 Å². The first-order valence-electron chi connectivity index (χ1n) is 5.62. The van der Waals surface area contributed by atoms with E-state index in [1.807, 2.05) is 0 Å². The van der Waals surface area contributed by atoms with Gasteiger partial charge in [-0.25, -0.2) is 4.39 Å². The highest BCUT2D eigenvalue weighted by molar-refractivity contribution is 5.81. The number of nitrogens with two attached hydrogens (primary N) is 1. The lowest BCUT2D eigenvalue weighted by atomic mass is 9.64. The molecule has 0 unspecified atom stereocenters. The summed E-state index contributed by atoms with van der Waals surface area (Å²) < 4.78 is 19.0. The third kappa shape index (κ3) is 1.21. The van der Waals surface area contributed by atoms with E-state index < -0.39 is 0 Å². The molecule has 0 amide bonds. The number of halogens is 1. The van der Waals surface area contributed by atoms with E-state index in [0.29, 0.717) is 6.54 Å². The second kappa shape index (κ2) is 3.32. The second-order valence-electron chi connectivity index (χ2n) is 4.63. The summed E-state index contributed by atoms with van der Waals surface area (Å²) in [7, 11) is 0. The molecule has 1 saturated carbocycles. The third-order valence-electron chi connectivity index (χ3n) is 3.79. The molecule has 3 rings (SSSR count). The summed E-state index contributed by atoms with van der Waals surface area (Å²) in [6.07, 6.45) is 4.83. The highest BCUT2D eigenvalue weighted by atomic mass is 19.1. The molecule has 2 aromatic rings. The van der Waals surface area contributed by atoms with Gasteiger partial charge in [-0.1, -0.05) is 6.42 Å².